The maximum Gasteiger partial charge on any atom is 0.175 e. The van der Waals surface area contributed by atoms with Crippen molar-refractivity contribution in [2.24, 2.45) is 0 Å². The van der Waals surface area contributed by atoms with Crippen LogP contribution >= 0.6 is 0 Å². The standard InChI is InChI=1S/C39H66BN/c1-3-5-7-9-11-13-15-17-19-21-23-26-34-40(35-27-24-22-20-18-16-14-12-10-8-6-4-2)38-32-30-37(31-33-38)39-29-25-28-36-41-39/h25,28-33,36H,3-24,26-27,34-35H2,1-2H3. The normalized spacial score (nSPS) is 11.3. The van der Waals surface area contributed by atoms with E-state index >= 15 is 0 Å². The molecule has 0 N–H and O–H groups in total. The lowest BCUT2D eigenvalue weighted by Gasteiger charge is -2.15. The molecule has 0 radical (unpaired) electrons. The van der Waals surface area contributed by atoms with Gasteiger partial charge in [-0.2, -0.15) is 0 Å². The van der Waals surface area contributed by atoms with Crippen LogP contribution in [0.25, 0.3) is 11.3 Å². The Morgan fingerprint density at radius 1 is 0.439 bits per heavy atom. The Morgan fingerprint density at radius 3 is 1.20 bits per heavy atom. The SMILES string of the molecule is CCCCCCCCCCCCCCB(CCCCCCCCCCCCCC)c1ccc(-c2ccccn2)cc1. The van der Waals surface area contributed by atoms with E-state index in [1.807, 2.05) is 12.3 Å². The van der Waals surface area contributed by atoms with Gasteiger partial charge in [0.25, 0.3) is 0 Å². The predicted octanol–water partition coefficient (Wildman–Crippen LogP) is 12.9. The van der Waals surface area contributed by atoms with Crippen LogP contribution in [0.2, 0.25) is 12.6 Å². The molecule has 0 saturated carbocycles. The lowest BCUT2D eigenvalue weighted by molar-refractivity contribution is 0.546. The highest BCUT2D eigenvalue weighted by Crippen LogP contribution is 2.19. The zero-order valence-corrected chi connectivity index (χ0v) is 27.5. The second-order valence-electron chi connectivity index (χ2n) is 12.9. The van der Waals surface area contributed by atoms with Crippen molar-refractivity contribution in [2.45, 2.75) is 181 Å². The van der Waals surface area contributed by atoms with E-state index in [0.29, 0.717) is 0 Å². The molecule has 41 heavy (non-hydrogen) atoms. The fourth-order valence-electron chi connectivity index (χ4n) is 6.40. The molecule has 1 aromatic carbocycles. The first-order chi connectivity index (χ1) is 20.3. The number of rotatable bonds is 28. The van der Waals surface area contributed by atoms with Gasteiger partial charge in [0, 0.05) is 11.8 Å². The summed E-state index contributed by atoms with van der Waals surface area (Å²) in [6.07, 6.45) is 39.0. The van der Waals surface area contributed by atoms with Crippen molar-refractivity contribution in [3.8, 4) is 11.3 Å². The number of hydrogen-bond donors (Lipinski definition) is 0. The number of aromatic nitrogens is 1. The Kier molecular flexibility index (Phi) is 22.7. The molecule has 0 aliphatic rings. The molecule has 2 rings (SSSR count). The smallest absolute Gasteiger partial charge is 0.175 e. The molecule has 0 unspecified atom stereocenters. The second-order valence-corrected chi connectivity index (χ2v) is 12.9. The zero-order chi connectivity index (χ0) is 29.1. The van der Waals surface area contributed by atoms with Crippen molar-refractivity contribution >= 4 is 12.2 Å². The Labute approximate surface area is 257 Å². The van der Waals surface area contributed by atoms with Gasteiger partial charge in [0.1, 0.15) is 0 Å². The Hall–Kier alpha value is -1.57. The van der Waals surface area contributed by atoms with Gasteiger partial charge in [0.05, 0.1) is 5.69 Å². The largest absolute Gasteiger partial charge is 0.256 e. The van der Waals surface area contributed by atoms with Crippen LogP contribution in [0.5, 0.6) is 0 Å². The van der Waals surface area contributed by atoms with Crippen LogP contribution in [0, 0.1) is 0 Å². The highest BCUT2D eigenvalue weighted by molar-refractivity contribution is 6.73. The fraction of sp³-hybridized carbons (Fsp3) is 0.718. The van der Waals surface area contributed by atoms with Gasteiger partial charge in [0.2, 0.25) is 0 Å². The van der Waals surface area contributed by atoms with E-state index in [2.05, 4.69) is 55.2 Å². The number of pyridine rings is 1. The maximum absolute atomic E-state index is 4.55. The van der Waals surface area contributed by atoms with Crippen LogP contribution in [0.4, 0.5) is 0 Å². The summed E-state index contributed by atoms with van der Waals surface area (Å²) in [5, 5.41) is 0. The van der Waals surface area contributed by atoms with Crippen molar-refractivity contribution in [2.75, 3.05) is 0 Å². The maximum atomic E-state index is 4.55. The summed E-state index contributed by atoms with van der Waals surface area (Å²) >= 11 is 0. The lowest BCUT2D eigenvalue weighted by Crippen LogP contribution is -2.29. The monoisotopic (exact) mass is 560 g/mol. The molecule has 2 aromatic rings. The number of benzene rings is 1. The second kappa shape index (κ2) is 26.1. The average molecular weight is 560 g/mol. The van der Waals surface area contributed by atoms with Crippen molar-refractivity contribution in [1.29, 1.82) is 0 Å². The van der Waals surface area contributed by atoms with E-state index in [-0.39, 0.29) is 0 Å². The van der Waals surface area contributed by atoms with Crippen molar-refractivity contribution in [1.82, 2.24) is 4.98 Å². The van der Waals surface area contributed by atoms with Crippen LogP contribution < -0.4 is 5.46 Å². The van der Waals surface area contributed by atoms with E-state index in [0.717, 1.165) is 12.4 Å². The average Bonchev–Trinajstić information content (AvgIpc) is 3.01. The van der Waals surface area contributed by atoms with E-state index < -0.39 is 0 Å². The third-order valence-corrected chi connectivity index (χ3v) is 9.16. The number of unbranched alkanes of at least 4 members (excludes halogenated alkanes) is 22. The van der Waals surface area contributed by atoms with E-state index in [9.17, 15) is 0 Å². The third-order valence-electron chi connectivity index (χ3n) is 9.16. The summed E-state index contributed by atoms with van der Waals surface area (Å²) in [5.41, 5.74) is 3.87. The molecule has 1 heterocycles. The Morgan fingerprint density at radius 2 is 0.829 bits per heavy atom. The molecule has 2 heteroatoms. The first-order valence-corrected chi connectivity index (χ1v) is 18.4. The minimum Gasteiger partial charge on any atom is -0.256 e. The lowest BCUT2D eigenvalue weighted by atomic mass is 9.39. The summed E-state index contributed by atoms with van der Waals surface area (Å²) in [6, 6.07) is 15.6. The summed E-state index contributed by atoms with van der Waals surface area (Å²) < 4.78 is 0. The molecule has 0 bridgehead atoms. The topological polar surface area (TPSA) is 12.9 Å². The molecule has 0 atom stereocenters. The van der Waals surface area contributed by atoms with E-state index in [1.165, 1.54) is 172 Å². The zero-order valence-electron chi connectivity index (χ0n) is 27.5. The molecule has 0 amide bonds. The van der Waals surface area contributed by atoms with Gasteiger partial charge in [-0.15, -0.1) is 0 Å². The van der Waals surface area contributed by atoms with Crippen LogP contribution in [0.1, 0.15) is 168 Å². The Balaban J connectivity index is 1.65. The molecule has 0 aliphatic heterocycles. The summed E-state index contributed by atoms with van der Waals surface area (Å²) in [7, 11) is 0. The minimum atomic E-state index is 0.721. The van der Waals surface area contributed by atoms with Gasteiger partial charge in [-0.25, -0.2) is 0 Å². The Bertz CT molecular complexity index is 774. The van der Waals surface area contributed by atoms with Gasteiger partial charge in [-0.3, -0.25) is 4.98 Å². The highest BCUT2D eigenvalue weighted by Gasteiger charge is 2.16. The van der Waals surface area contributed by atoms with E-state index in [1.54, 1.807) is 5.46 Å². The molecule has 1 aromatic heterocycles. The summed E-state index contributed by atoms with van der Waals surface area (Å²) in [4.78, 5) is 4.55. The van der Waals surface area contributed by atoms with Crippen molar-refractivity contribution in [3.63, 3.8) is 0 Å². The molecular formula is C39H66BN. The highest BCUT2D eigenvalue weighted by atomic mass is 14.7. The van der Waals surface area contributed by atoms with Crippen LogP contribution in [0.3, 0.4) is 0 Å². The summed E-state index contributed by atoms with van der Waals surface area (Å²) in [6.45, 7) is 5.33. The van der Waals surface area contributed by atoms with Crippen molar-refractivity contribution < 1.29 is 0 Å². The molecule has 0 spiro atoms. The van der Waals surface area contributed by atoms with Gasteiger partial charge < -0.3 is 0 Å². The van der Waals surface area contributed by atoms with E-state index in [4.69, 9.17) is 0 Å². The fourth-order valence-corrected chi connectivity index (χ4v) is 6.40. The molecule has 1 nitrogen and oxygen atoms in total. The van der Waals surface area contributed by atoms with Crippen molar-refractivity contribution in [3.05, 3.63) is 48.7 Å². The first kappa shape index (κ1) is 35.6. The van der Waals surface area contributed by atoms with Crippen LogP contribution in [-0.2, 0) is 0 Å². The van der Waals surface area contributed by atoms with Gasteiger partial charge in [-0.1, -0.05) is 216 Å². The molecule has 230 valence electrons. The molecular weight excluding hydrogens is 493 g/mol. The number of hydrogen-bond acceptors (Lipinski definition) is 1. The predicted molar refractivity (Wildman–Crippen MR) is 187 cm³/mol. The molecule has 0 fully saturated rings. The first-order valence-electron chi connectivity index (χ1n) is 18.4. The minimum absolute atomic E-state index is 0.721. The number of nitrogens with zero attached hydrogens (tertiary/aromatic N) is 1. The molecule has 0 saturated heterocycles. The van der Waals surface area contributed by atoms with Crippen LogP contribution in [-0.4, -0.2) is 11.7 Å². The van der Waals surface area contributed by atoms with Gasteiger partial charge >= 0.3 is 0 Å². The quantitative estimate of drug-likeness (QED) is 0.0746. The summed E-state index contributed by atoms with van der Waals surface area (Å²) in [5.74, 6) is 0. The van der Waals surface area contributed by atoms with Crippen LogP contribution in [0.15, 0.2) is 48.7 Å². The molecule has 0 aliphatic carbocycles. The van der Waals surface area contributed by atoms with Gasteiger partial charge in [0.15, 0.2) is 6.71 Å². The third kappa shape index (κ3) is 18.6. The van der Waals surface area contributed by atoms with Gasteiger partial charge in [-0.05, 0) is 12.1 Å².